The van der Waals surface area contributed by atoms with Crippen molar-refractivity contribution in [1.29, 1.82) is 0 Å². The quantitative estimate of drug-likeness (QED) is 0.739. The molecule has 104 valence electrons. The van der Waals surface area contributed by atoms with Crippen LogP contribution in [0, 0.1) is 5.92 Å². The Morgan fingerprint density at radius 3 is 2.84 bits per heavy atom. The van der Waals surface area contributed by atoms with Gasteiger partial charge < -0.3 is 20.9 Å². The molecular weight excluding hydrogens is 312 g/mol. The first kappa shape index (κ1) is 14.3. The first-order valence-electron chi connectivity index (χ1n) is 6.20. The summed E-state index contributed by atoms with van der Waals surface area (Å²) in [7, 11) is 0. The van der Waals surface area contributed by atoms with Crippen LogP contribution in [-0.4, -0.2) is 30.3 Å². The highest BCUT2D eigenvalue weighted by Gasteiger charge is 2.26. The van der Waals surface area contributed by atoms with Crippen LogP contribution in [-0.2, 0) is 9.53 Å². The van der Waals surface area contributed by atoms with Crippen LogP contribution in [0.25, 0.3) is 0 Å². The van der Waals surface area contributed by atoms with Crippen molar-refractivity contribution in [2.24, 2.45) is 11.7 Å². The Labute approximate surface area is 120 Å². The minimum Gasteiger partial charge on any atom is -0.506 e. The molecule has 2 rings (SSSR count). The van der Waals surface area contributed by atoms with Gasteiger partial charge in [-0.05, 0) is 37.0 Å². The molecule has 1 amide bonds. The van der Waals surface area contributed by atoms with Crippen molar-refractivity contribution >= 4 is 27.5 Å². The van der Waals surface area contributed by atoms with Gasteiger partial charge in [0.2, 0.25) is 5.91 Å². The van der Waals surface area contributed by atoms with Crippen molar-refractivity contribution in [3.8, 4) is 5.75 Å². The first-order chi connectivity index (χ1) is 9.08. The Bertz CT molecular complexity index is 461. The molecule has 1 atom stereocenters. The number of hydrogen-bond donors (Lipinski definition) is 3. The summed E-state index contributed by atoms with van der Waals surface area (Å²) in [5.41, 5.74) is 6.33. The van der Waals surface area contributed by atoms with E-state index in [-0.39, 0.29) is 17.6 Å². The maximum Gasteiger partial charge on any atom is 0.241 e. The molecule has 0 aromatic heterocycles. The zero-order chi connectivity index (χ0) is 13.8. The number of hydrogen-bond acceptors (Lipinski definition) is 4. The first-order valence-corrected chi connectivity index (χ1v) is 7.00. The molecule has 0 spiro atoms. The van der Waals surface area contributed by atoms with E-state index < -0.39 is 6.04 Å². The fourth-order valence-electron chi connectivity index (χ4n) is 2.11. The third-order valence-electron chi connectivity index (χ3n) is 3.29. The lowest BCUT2D eigenvalue weighted by Crippen LogP contribution is -2.44. The van der Waals surface area contributed by atoms with E-state index in [4.69, 9.17) is 10.5 Å². The molecule has 6 heteroatoms. The molecule has 0 aliphatic carbocycles. The lowest BCUT2D eigenvalue weighted by Gasteiger charge is -2.26. The zero-order valence-electron chi connectivity index (χ0n) is 10.4. The second-order valence-corrected chi connectivity index (χ2v) is 5.54. The SMILES string of the molecule is NC(C(=O)Nc1cc(Br)ccc1O)C1CCOCC1. The highest BCUT2D eigenvalue weighted by molar-refractivity contribution is 9.10. The van der Waals surface area contributed by atoms with Crippen LogP contribution in [0.15, 0.2) is 22.7 Å². The number of carbonyl (C=O) groups is 1. The molecule has 0 saturated carbocycles. The average Bonchev–Trinajstić information content (AvgIpc) is 2.43. The van der Waals surface area contributed by atoms with E-state index in [1.165, 1.54) is 6.07 Å². The standard InChI is InChI=1S/C13H17BrN2O3/c14-9-1-2-11(17)10(7-9)16-13(18)12(15)8-3-5-19-6-4-8/h1-2,7-8,12,17H,3-6,15H2,(H,16,18). The molecule has 4 N–H and O–H groups in total. The van der Waals surface area contributed by atoms with Gasteiger partial charge in [0.15, 0.2) is 0 Å². The van der Waals surface area contributed by atoms with E-state index in [1.807, 2.05) is 0 Å². The maximum atomic E-state index is 12.1. The highest BCUT2D eigenvalue weighted by Crippen LogP contribution is 2.27. The Hall–Kier alpha value is -1.11. The smallest absolute Gasteiger partial charge is 0.241 e. The van der Waals surface area contributed by atoms with Gasteiger partial charge in [0.25, 0.3) is 0 Å². The number of carbonyl (C=O) groups excluding carboxylic acids is 1. The largest absolute Gasteiger partial charge is 0.506 e. The number of ether oxygens (including phenoxy) is 1. The molecule has 1 unspecified atom stereocenters. The molecule has 1 fully saturated rings. The number of halogens is 1. The van der Waals surface area contributed by atoms with Crippen molar-refractivity contribution in [3.63, 3.8) is 0 Å². The van der Waals surface area contributed by atoms with Crippen LogP contribution in [0.4, 0.5) is 5.69 Å². The number of aromatic hydroxyl groups is 1. The summed E-state index contributed by atoms with van der Waals surface area (Å²) in [6.07, 6.45) is 1.58. The van der Waals surface area contributed by atoms with E-state index in [2.05, 4.69) is 21.2 Å². The van der Waals surface area contributed by atoms with Crippen LogP contribution in [0.2, 0.25) is 0 Å². The Kier molecular flexibility index (Phi) is 4.79. The fourth-order valence-corrected chi connectivity index (χ4v) is 2.47. The van der Waals surface area contributed by atoms with Crippen molar-refractivity contribution in [2.75, 3.05) is 18.5 Å². The molecular formula is C13H17BrN2O3. The Morgan fingerprint density at radius 1 is 1.47 bits per heavy atom. The number of benzene rings is 1. The van der Waals surface area contributed by atoms with Crippen molar-refractivity contribution < 1.29 is 14.6 Å². The van der Waals surface area contributed by atoms with E-state index in [0.717, 1.165) is 17.3 Å². The second-order valence-electron chi connectivity index (χ2n) is 4.63. The van der Waals surface area contributed by atoms with E-state index in [1.54, 1.807) is 12.1 Å². The van der Waals surface area contributed by atoms with E-state index in [0.29, 0.717) is 18.9 Å². The zero-order valence-corrected chi connectivity index (χ0v) is 12.0. The number of phenols is 1. The van der Waals surface area contributed by atoms with Gasteiger partial charge in [-0.1, -0.05) is 15.9 Å². The summed E-state index contributed by atoms with van der Waals surface area (Å²) in [5, 5.41) is 12.3. The summed E-state index contributed by atoms with van der Waals surface area (Å²) in [5.74, 6) is -0.126. The van der Waals surface area contributed by atoms with E-state index in [9.17, 15) is 9.90 Å². The molecule has 1 aliphatic heterocycles. The average molecular weight is 329 g/mol. The van der Waals surface area contributed by atoms with Crippen molar-refractivity contribution in [1.82, 2.24) is 0 Å². The molecule has 5 nitrogen and oxygen atoms in total. The summed E-state index contributed by atoms with van der Waals surface area (Å²) in [4.78, 5) is 12.1. The van der Waals surface area contributed by atoms with Crippen LogP contribution >= 0.6 is 15.9 Å². The Morgan fingerprint density at radius 2 is 2.16 bits per heavy atom. The topological polar surface area (TPSA) is 84.6 Å². The minimum absolute atomic E-state index is 0.0238. The summed E-state index contributed by atoms with van der Waals surface area (Å²) < 4.78 is 6.03. The molecule has 1 aromatic rings. The Balaban J connectivity index is 2.01. The van der Waals surface area contributed by atoms with Gasteiger partial charge in [-0.2, -0.15) is 0 Å². The van der Waals surface area contributed by atoms with Gasteiger partial charge in [-0.3, -0.25) is 4.79 Å². The normalized spacial score (nSPS) is 18.0. The third-order valence-corrected chi connectivity index (χ3v) is 3.79. The molecule has 1 heterocycles. The molecule has 1 aliphatic rings. The monoisotopic (exact) mass is 328 g/mol. The van der Waals surface area contributed by atoms with Crippen LogP contribution in [0.5, 0.6) is 5.75 Å². The molecule has 0 radical (unpaired) electrons. The van der Waals surface area contributed by atoms with Crippen LogP contribution in [0.1, 0.15) is 12.8 Å². The van der Waals surface area contributed by atoms with Gasteiger partial charge in [0, 0.05) is 17.7 Å². The predicted molar refractivity (Wildman–Crippen MR) is 76.0 cm³/mol. The lowest BCUT2D eigenvalue weighted by atomic mass is 9.92. The number of anilines is 1. The van der Waals surface area contributed by atoms with Gasteiger partial charge in [-0.25, -0.2) is 0 Å². The van der Waals surface area contributed by atoms with E-state index >= 15 is 0 Å². The van der Waals surface area contributed by atoms with Crippen LogP contribution in [0.3, 0.4) is 0 Å². The lowest BCUT2D eigenvalue weighted by molar-refractivity contribution is -0.119. The number of nitrogens with one attached hydrogen (secondary N) is 1. The number of amides is 1. The molecule has 0 bridgehead atoms. The summed E-state index contributed by atoms with van der Waals surface area (Å²) in [6, 6.07) is 4.27. The highest BCUT2D eigenvalue weighted by atomic mass is 79.9. The number of phenolic OH excluding ortho intramolecular Hbond substituents is 1. The number of rotatable bonds is 3. The molecule has 1 saturated heterocycles. The van der Waals surface area contributed by atoms with Crippen molar-refractivity contribution in [2.45, 2.75) is 18.9 Å². The fraction of sp³-hybridized carbons (Fsp3) is 0.462. The van der Waals surface area contributed by atoms with Crippen molar-refractivity contribution in [3.05, 3.63) is 22.7 Å². The van der Waals surface area contributed by atoms with Gasteiger partial charge >= 0.3 is 0 Å². The summed E-state index contributed by atoms with van der Waals surface area (Å²) >= 11 is 3.29. The van der Waals surface area contributed by atoms with Crippen LogP contribution < -0.4 is 11.1 Å². The second kappa shape index (κ2) is 6.36. The third kappa shape index (κ3) is 3.68. The summed E-state index contributed by atoms with van der Waals surface area (Å²) in [6.45, 7) is 1.29. The molecule has 1 aromatic carbocycles. The van der Waals surface area contributed by atoms with Gasteiger partial charge in [-0.15, -0.1) is 0 Å². The minimum atomic E-state index is -0.581. The predicted octanol–water partition coefficient (Wildman–Crippen LogP) is 1.85. The van der Waals surface area contributed by atoms with Gasteiger partial charge in [0.1, 0.15) is 5.75 Å². The molecule has 19 heavy (non-hydrogen) atoms. The number of nitrogens with two attached hydrogens (primary N) is 1. The maximum absolute atomic E-state index is 12.1. The van der Waals surface area contributed by atoms with Gasteiger partial charge in [0.05, 0.1) is 11.7 Å².